The summed E-state index contributed by atoms with van der Waals surface area (Å²) in [5.41, 5.74) is 4.24. The number of fused-ring (bicyclic) bond motifs is 1. The van der Waals surface area contributed by atoms with Crippen LogP contribution in [0.25, 0.3) is 5.76 Å². The van der Waals surface area contributed by atoms with E-state index in [1.165, 1.54) is 12.0 Å². The lowest BCUT2D eigenvalue weighted by molar-refractivity contribution is -0.140. The zero-order valence-corrected chi connectivity index (χ0v) is 20.9. The van der Waals surface area contributed by atoms with Crippen molar-refractivity contribution in [2.45, 2.75) is 39.0 Å². The van der Waals surface area contributed by atoms with Gasteiger partial charge in [0.05, 0.1) is 24.3 Å². The molecule has 2 aliphatic heterocycles. The fourth-order valence-electron chi connectivity index (χ4n) is 5.05. The van der Waals surface area contributed by atoms with Gasteiger partial charge in [-0.3, -0.25) is 9.59 Å². The number of methoxy groups -OCH3 is 1. The first-order chi connectivity index (χ1) is 17.8. The zero-order valence-electron chi connectivity index (χ0n) is 20.9. The summed E-state index contributed by atoms with van der Waals surface area (Å²) in [6.07, 6.45) is 0.739. The highest BCUT2D eigenvalue weighted by molar-refractivity contribution is 6.46. The lowest BCUT2D eigenvalue weighted by atomic mass is 9.92. The van der Waals surface area contributed by atoms with Crippen molar-refractivity contribution in [3.8, 4) is 5.75 Å². The number of aliphatic hydroxyl groups excluding tert-OH is 1. The molecule has 5 rings (SSSR count). The van der Waals surface area contributed by atoms with Crippen molar-refractivity contribution >= 4 is 23.4 Å². The summed E-state index contributed by atoms with van der Waals surface area (Å²) in [5, 5.41) is 11.4. The van der Waals surface area contributed by atoms with Crippen LogP contribution in [0, 0.1) is 6.92 Å². The molecule has 1 saturated heterocycles. The number of carbonyl (C=O) groups excluding carboxylic acids is 3. The zero-order chi connectivity index (χ0) is 26.3. The molecule has 1 amide bonds. The average molecular weight is 498 g/mol. The van der Waals surface area contributed by atoms with E-state index in [1.807, 2.05) is 44.2 Å². The van der Waals surface area contributed by atoms with Crippen LogP contribution < -0.4 is 4.74 Å². The molecule has 37 heavy (non-hydrogen) atoms. The van der Waals surface area contributed by atoms with Gasteiger partial charge in [-0.25, -0.2) is 4.79 Å². The third-order valence-electron chi connectivity index (χ3n) is 6.92. The van der Waals surface area contributed by atoms with E-state index in [-0.39, 0.29) is 24.0 Å². The Bertz CT molecular complexity index is 1440. The van der Waals surface area contributed by atoms with Gasteiger partial charge in [-0.15, -0.1) is 0 Å². The van der Waals surface area contributed by atoms with Gasteiger partial charge in [0, 0.05) is 18.5 Å². The summed E-state index contributed by atoms with van der Waals surface area (Å²) in [4.78, 5) is 40.0. The van der Waals surface area contributed by atoms with E-state index in [1.54, 1.807) is 36.4 Å². The molecule has 1 fully saturated rings. The van der Waals surface area contributed by atoms with Crippen LogP contribution in [0.3, 0.4) is 0 Å². The summed E-state index contributed by atoms with van der Waals surface area (Å²) < 4.78 is 10.5. The molecule has 3 aromatic rings. The molecule has 0 saturated carbocycles. The van der Waals surface area contributed by atoms with Crippen molar-refractivity contribution in [1.29, 1.82) is 0 Å². The highest BCUT2D eigenvalue weighted by Gasteiger charge is 2.46. The highest BCUT2D eigenvalue weighted by Crippen LogP contribution is 2.42. The number of aryl methyl sites for hydroxylation is 1. The Morgan fingerprint density at radius 1 is 1.05 bits per heavy atom. The summed E-state index contributed by atoms with van der Waals surface area (Å²) in [5.74, 6) is -1.33. The first-order valence-electron chi connectivity index (χ1n) is 12.1. The van der Waals surface area contributed by atoms with Crippen molar-refractivity contribution < 1.29 is 29.0 Å². The number of nitrogens with zero attached hydrogens (tertiary/aromatic N) is 1. The van der Waals surface area contributed by atoms with E-state index in [0.29, 0.717) is 17.5 Å². The van der Waals surface area contributed by atoms with E-state index in [4.69, 9.17) is 9.47 Å². The highest BCUT2D eigenvalue weighted by atomic mass is 16.5. The Morgan fingerprint density at radius 2 is 1.76 bits per heavy atom. The first-order valence-corrected chi connectivity index (χ1v) is 12.1. The summed E-state index contributed by atoms with van der Waals surface area (Å²) in [6, 6.07) is 18.7. The number of rotatable bonds is 5. The average Bonchev–Trinajstić information content (AvgIpc) is 3.39. The number of amides is 1. The fraction of sp³-hybridized carbons (Fsp3) is 0.233. The van der Waals surface area contributed by atoms with Gasteiger partial charge in [-0.1, -0.05) is 36.4 Å². The Labute approximate surface area is 214 Å². The fourth-order valence-corrected chi connectivity index (χ4v) is 5.05. The molecular weight excluding hydrogens is 470 g/mol. The molecule has 0 spiro atoms. The molecule has 0 aliphatic carbocycles. The molecule has 2 aliphatic rings. The summed E-state index contributed by atoms with van der Waals surface area (Å²) >= 11 is 0. The molecule has 7 heteroatoms. The maximum Gasteiger partial charge on any atom is 0.337 e. The lowest BCUT2D eigenvalue weighted by Crippen LogP contribution is -2.29. The first kappa shape index (κ1) is 24.3. The number of likely N-dealkylation sites (tertiary alicyclic amines) is 1. The minimum Gasteiger partial charge on any atom is -0.507 e. The number of Topliss-reactive ketones (excluding diaryl/α,β-unsaturated/α-hetero) is 1. The summed E-state index contributed by atoms with van der Waals surface area (Å²) in [6.45, 7) is 4.01. The minimum atomic E-state index is -0.773. The third kappa shape index (κ3) is 4.37. The molecule has 2 heterocycles. The van der Waals surface area contributed by atoms with Gasteiger partial charge >= 0.3 is 5.97 Å². The van der Waals surface area contributed by atoms with Gasteiger partial charge in [-0.05, 0) is 66.4 Å². The molecule has 7 nitrogen and oxygen atoms in total. The molecule has 0 aromatic heterocycles. The molecule has 1 N–H and O–H groups in total. The molecule has 2 unspecified atom stereocenters. The van der Waals surface area contributed by atoms with Crippen LogP contribution in [-0.2, 0) is 27.3 Å². The molecule has 188 valence electrons. The van der Waals surface area contributed by atoms with Crippen molar-refractivity contribution in [3.63, 3.8) is 0 Å². The maximum atomic E-state index is 13.4. The van der Waals surface area contributed by atoms with E-state index in [2.05, 4.69) is 0 Å². The number of benzene rings is 3. The SMILES string of the molecule is COC(=O)c1ccc(CN2C(=O)C(=O)/C(=C(/O)c3ccc4c(c3)CC(C)O4)C2c2ccccc2C)cc1. The summed E-state index contributed by atoms with van der Waals surface area (Å²) in [7, 11) is 1.31. The van der Waals surface area contributed by atoms with Crippen molar-refractivity contribution in [2.75, 3.05) is 7.11 Å². The molecule has 2 atom stereocenters. The monoisotopic (exact) mass is 497 g/mol. The number of aliphatic hydroxyl groups is 1. The third-order valence-corrected chi connectivity index (χ3v) is 6.92. The maximum absolute atomic E-state index is 13.4. The van der Waals surface area contributed by atoms with Crippen LogP contribution in [0.1, 0.15) is 51.1 Å². The van der Waals surface area contributed by atoms with Crippen LogP contribution >= 0.6 is 0 Å². The van der Waals surface area contributed by atoms with Gasteiger partial charge < -0.3 is 19.5 Å². The predicted molar refractivity (Wildman–Crippen MR) is 137 cm³/mol. The van der Waals surface area contributed by atoms with E-state index < -0.39 is 23.7 Å². The van der Waals surface area contributed by atoms with Gasteiger partial charge in [0.15, 0.2) is 0 Å². The number of ether oxygens (including phenoxy) is 2. The van der Waals surface area contributed by atoms with E-state index in [9.17, 15) is 19.5 Å². The normalized spacial score (nSPS) is 20.0. The standard InChI is InChI=1S/C30H27NO6/c1-17-6-4-5-7-23(17)26-25(27(32)21-12-13-24-22(15-21)14-18(2)37-24)28(33)29(34)31(26)16-19-8-10-20(11-9-19)30(35)36-3/h4-13,15,18,26,32H,14,16H2,1-3H3/b27-25+. The Balaban J connectivity index is 1.59. The second kappa shape index (κ2) is 9.58. The Morgan fingerprint density at radius 3 is 2.46 bits per heavy atom. The molecule has 0 radical (unpaired) electrons. The number of hydrogen-bond donors (Lipinski definition) is 1. The van der Waals surface area contributed by atoms with Crippen molar-refractivity contribution in [2.24, 2.45) is 0 Å². The smallest absolute Gasteiger partial charge is 0.337 e. The largest absolute Gasteiger partial charge is 0.507 e. The Hall–Kier alpha value is -4.39. The second-order valence-corrected chi connectivity index (χ2v) is 9.43. The lowest BCUT2D eigenvalue weighted by Gasteiger charge is -2.26. The molecule has 3 aromatic carbocycles. The Kier molecular flexibility index (Phi) is 6.29. The van der Waals surface area contributed by atoms with Gasteiger partial charge in [-0.2, -0.15) is 0 Å². The van der Waals surface area contributed by atoms with Crippen LogP contribution in [0.4, 0.5) is 0 Å². The van der Waals surface area contributed by atoms with Crippen LogP contribution in [-0.4, -0.2) is 40.9 Å². The van der Waals surface area contributed by atoms with Crippen LogP contribution in [0.5, 0.6) is 5.75 Å². The van der Waals surface area contributed by atoms with Gasteiger partial charge in [0.2, 0.25) is 0 Å². The van der Waals surface area contributed by atoms with Crippen LogP contribution in [0.2, 0.25) is 0 Å². The van der Waals surface area contributed by atoms with Gasteiger partial charge in [0.25, 0.3) is 11.7 Å². The van der Waals surface area contributed by atoms with Crippen molar-refractivity contribution in [3.05, 3.63) is 106 Å². The molecular formula is C30H27NO6. The van der Waals surface area contributed by atoms with E-state index in [0.717, 1.165) is 28.0 Å². The number of esters is 1. The topological polar surface area (TPSA) is 93.1 Å². The predicted octanol–water partition coefficient (Wildman–Crippen LogP) is 4.73. The minimum absolute atomic E-state index is 0.0375. The van der Waals surface area contributed by atoms with E-state index >= 15 is 0 Å². The molecule has 0 bridgehead atoms. The van der Waals surface area contributed by atoms with Crippen LogP contribution in [0.15, 0.2) is 72.3 Å². The number of hydrogen-bond acceptors (Lipinski definition) is 6. The second-order valence-electron chi connectivity index (χ2n) is 9.43. The van der Waals surface area contributed by atoms with Gasteiger partial charge in [0.1, 0.15) is 17.6 Å². The number of ketones is 1. The quantitative estimate of drug-likeness (QED) is 0.237. The number of carbonyl (C=O) groups is 3. The van der Waals surface area contributed by atoms with Crippen molar-refractivity contribution in [1.82, 2.24) is 4.90 Å².